The van der Waals surface area contributed by atoms with Gasteiger partial charge >= 0.3 is 0 Å². The summed E-state index contributed by atoms with van der Waals surface area (Å²) in [5.74, 6) is 0.517. The number of piperazine rings is 1. The van der Waals surface area contributed by atoms with E-state index in [9.17, 15) is 9.90 Å². The summed E-state index contributed by atoms with van der Waals surface area (Å²) >= 11 is 3.20. The van der Waals surface area contributed by atoms with Crippen molar-refractivity contribution in [2.24, 2.45) is 0 Å². The molecule has 2 atom stereocenters. The van der Waals surface area contributed by atoms with Crippen molar-refractivity contribution < 1.29 is 9.90 Å². The van der Waals surface area contributed by atoms with Crippen LogP contribution >= 0.6 is 23.1 Å². The van der Waals surface area contributed by atoms with Crippen molar-refractivity contribution in [3.8, 4) is 0 Å². The molecule has 166 valence electrons. The Morgan fingerprint density at radius 3 is 2.52 bits per heavy atom. The molecule has 2 unspecified atom stereocenters. The molecule has 31 heavy (non-hydrogen) atoms. The number of thioether (sulfide) groups is 1. The highest BCUT2D eigenvalue weighted by Crippen LogP contribution is 2.45. The molecule has 0 bridgehead atoms. The number of allylic oxidation sites excluding steroid dienone is 1. The summed E-state index contributed by atoms with van der Waals surface area (Å²) in [6, 6.07) is 8.18. The van der Waals surface area contributed by atoms with Crippen LogP contribution in [0.4, 0.5) is 22.3 Å². The first-order chi connectivity index (χ1) is 14.8. The van der Waals surface area contributed by atoms with Gasteiger partial charge in [-0.25, -0.2) is 4.98 Å². The number of anilines is 4. The van der Waals surface area contributed by atoms with Crippen LogP contribution in [0, 0.1) is 0 Å². The lowest BCUT2D eigenvalue weighted by molar-refractivity contribution is -0.129. The summed E-state index contributed by atoms with van der Waals surface area (Å²) < 4.78 is 0. The van der Waals surface area contributed by atoms with E-state index < -0.39 is 6.10 Å². The van der Waals surface area contributed by atoms with E-state index in [1.165, 1.54) is 16.2 Å². The Balaban J connectivity index is 1.41. The molecular formula is C22H29N5O2S2. The Labute approximate surface area is 191 Å². The minimum atomic E-state index is -0.693. The Bertz CT molecular complexity index is 980. The molecule has 0 radical (unpaired) electrons. The number of aliphatic hydroxyl groups is 1. The Morgan fingerprint density at radius 2 is 1.94 bits per heavy atom. The van der Waals surface area contributed by atoms with E-state index in [2.05, 4.69) is 41.2 Å². The molecule has 1 saturated heterocycles. The highest BCUT2D eigenvalue weighted by atomic mass is 32.2. The lowest BCUT2D eigenvalue weighted by Gasteiger charge is -2.35. The van der Waals surface area contributed by atoms with Gasteiger partial charge in [0.2, 0.25) is 5.91 Å². The molecule has 4 rings (SSSR count). The first-order valence-corrected chi connectivity index (χ1v) is 12.2. The van der Waals surface area contributed by atoms with Crippen LogP contribution in [-0.4, -0.2) is 52.3 Å². The minimum absolute atomic E-state index is 0.138. The number of amides is 1. The number of nitrogens with two attached hydrogens (primary N) is 1. The van der Waals surface area contributed by atoms with Gasteiger partial charge < -0.3 is 26.0 Å². The van der Waals surface area contributed by atoms with Crippen molar-refractivity contribution in [1.29, 1.82) is 0 Å². The first kappa shape index (κ1) is 22.0. The smallest absolute Gasteiger partial charge is 0.219 e. The van der Waals surface area contributed by atoms with Crippen LogP contribution in [0.5, 0.6) is 0 Å². The lowest BCUT2D eigenvalue weighted by Crippen LogP contribution is -2.48. The summed E-state index contributed by atoms with van der Waals surface area (Å²) in [5, 5.41) is 15.3. The molecule has 0 saturated carbocycles. The van der Waals surface area contributed by atoms with Crippen LogP contribution < -0.4 is 16.0 Å². The van der Waals surface area contributed by atoms with Crippen molar-refractivity contribution in [2.75, 3.05) is 42.1 Å². The van der Waals surface area contributed by atoms with Gasteiger partial charge in [0.15, 0.2) is 5.13 Å². The molecule has 7 nitrogen and oxygen atoms in total. The predicted molar refractivity (Wildman–Crippen MR) is 130 cm³/mol. The molecule has 2 aliphatic heterocycles. The van der Waals surface area contributed by atoms with Crippen LogP contribution in [0.15, 0.2) is 34.7 Å². The third-order valence-electron chi connectivity index (χ3n) is 5.81. The molecular weight excluding hydrogens is 430 g/mol. The van der Waals surface area contributed by atoms with Crippen molar-refractivity contribution >= 4 is 51.3 Å². The second-order valence-corrected chi connectivity index (χ2v) is 10.7. The fourth-order valence-corrected chi connectivity index (χ4v) is 6.22. The number of hydrogen-bond acceptors (Lipinski definition) is 8. The highest BCUT2D eigenvalue weighted by Gasteiger charge is 2.28. The molecule has 3 heterocycles. The zero-order valence-electron chi connectivity index (χ0n) is 18.1. The maximum atomic E-state index is 11.5. The van der Waals surface area contributed by atoms with Gasteiger partial charge in [0.25, 0.3) is 0 Å². The molecule has 9 heteroatoms. The van der Waals surface area contributed by atoms with Gasteiger partial charge in [0, 0.05) is 49.7 Å². The average Bonchev–Trinajstić information content (AvgIpc) is 3.28. The lowest BCUT2D eigenvalue weighted by atomic mass is 10.0. The third kappa shape index (κ3) is 4.83. The zero-order chi connectivity index (χ0) is 22.1. The molecule has 1 amide bonds. The maximum absolute atomic E-state index is 11.5. The quantitative estimate of drug-likeness (QED) is 0.623. The van der Waals surface area contributed by atoms with Crippen LogP contribution in [-0.2, 0) is 4.79 Å². The number of nitrogen functional groups attached to an aromatic ring is 1. The fourth-order valence-electron chi connectivity index (χ4n) is 4.09. The zero-order valence-corrected chi connectivity index (χ0v) is 19.7. The standard InChI is InChI=1S/C22H29N5O2S2/c1-13-12-18(14(2)30-13)19(29)20-21(23)25-22(31-20)24-16-4-6-17(7-5-16)27-10-8-26(9-11-27)15(3)28/h4-7,13,19,29H,8-12,23H2,1-3H3,(H,24,25). The molecule has 1 fully saturated rings. The van der Waals surface area contributed by atoms with Crippen molar-refractivity contribution in [3.05, 3.63) is 39.6 Å². The second kappa shape index (κ2) is 9.10. The number of nitrogens with zero attached hydrogens (tertiary/aromatic N) is 3. The summed E-state index contributed by atoms with van der Waals surface area (Å²) in [4.78, 5) is 22.0. The second-order valence-electron chi connectivity index (χ2n) is 8.05. The number of benzene rings is 1. The number of thiazole rings is 1. The van der Waals surface area contributed by atoms with E-state index in [1.54, 1.807) is 18.7 Å². The van der Waals surface area contributed by atoms with Crippen LogP contribution in [0.2, 0.25) is 0 Å². The first-order valence-electron chi connectivity index (χ1n) is 10.5. The minimum Gasteiger partial charge on any atom is -0.383 e. The number of aromatic nitrogens is 1. The Hall–Kier alpha value is -2.23. The molecule has 2 aliphatic rings. The van der Waals surface area contributed by atoms with Crippen molar-refractivity contribution in [1.82, 2.24) is 9.88 Å². The van der Waals surface area contributed by atoms with Gasteiger partial charge in [0.05, 0.1) is 4.88 Å². The summed E-state index contributed by atoms with van der Waals surface area (Å²) in [6.45, 7) is 9.04. The van der Waals surface area contributed by atoms with Gasteiger partial charge in [0.1, 0.15) is 11.9 Å². The highest BCUT2D eigenvalue weighted by molar-refractivity contribution is 8.03. The van der Waals surface area contributed by atoms with Gasteiger partial charge in [-0.05, 0) is 48.1 Å². The van der Waals surface area contributed by atoms with Crippen LogP contribution in [0.3, 0.4) is 0 Å². The topological polar surface area (TPSA) is 94.7 Å². The normalized spacial score (nSPS) is 20.3. The molecule has 1 aromatic carbocycles. The molecule has 1 aromatic heterocycles. The van der Waals surface area contributed by atoms with Gasteiger partial charge in [-0.1, -0.05) is 18.3 Å². The van der Waals surface area contributed by atoms with Crippen molar-refractivity contribution in [3.63, 3.8) is 0 Å². The fraction of sp³-hybridized carbons (Fsp3) is 0.455. The Morgan fingerprint density at radius 1 is 1.26 bits per heavy atom. The number of carbonyl (C=O) groups is 1. The molecule has 2 aromatic rings. The number of hydrogen-bond donors (Lipinski definition) is 3. The number of carbonyl (C=O) groups excluding carboxylic acids is 1. The SMILES string of the molecule is CC(=O)N1CCN(c2ccc(Nc3nc(N)c(C(O)C4=C(C)SC(C)C4)s3)cc2)CC1. The van der Waals surface area contributed by atoms with Gasteiger partial charge in [-0.15, -0.1) is 11.8 Å². The summed E-state index contributed by atoms with van der Waals surface area (Å²) in [7, 11) is 0. The molecule has 0 spiro atoms. The van der Waals surface area contributed by atoms with Gasteiger partial charge in [-0.2, -0.15) is 0 Å². The van der Waals surface area contributed by atoms with Crippen molar-refractivity contribution in [2.45, 2.75) is 38.5 Å². The predicted octanol–water partition coefficient (Wildman–Crippen LogP) is 3.97. The van der Waals surface area contributed by atoms with E-state index in [4.69, 9.17) is 5.73 Å². The summed E-state index contributed by atoms with van der Waals surface area (Å²) in [5.41, 5.74) is 9.24. The number of aliphatic hydroxyl groups excluding tert-OH is 1. The molecule has 4 N–H and O–H groups in total. The van der Waals surface area contributed by atoms with E-state index in [-0.39, 0.29) is 5.91 Å². The van der Waals surface area contributed by atoms with Crippen LogP contribution in [0.25, 0.3) is 0 Å². The van der Waals surface area contributed by atoms with E-state index in [0.29, 0.717) is 21.1 Å². The molecule has 0 aliphatic carbocycles. The van der Waals surface area contributed by atoms with Crippen LogP contribution in [0.1, 0.15) is 38.2 Å². The number of nitrogens with one attached hydrogen (secondary N) is 1. The average molecular weight is 460 g/mol. The van der Waals surface area contributed by atoms with E-state index in [0.717, 1.165) is 49.5 Å². The summed E-state index contributed by atoms with van der Waals surface area (Å²) in [6.07, 6.45) is 0.182. The van der Waals surface area contributed by atoms with Gasteiger partial charge in [-0.3, -0.25) is 4.79 Å². The number of rotatable bonds is 5. The van der Waals surface area contributed by atoms with E-state index >= 15 is 0 Å². The maximum Gasteiger partial charge on any atom is 0.219 e. The van der Waals surface area contributed by atoms with E-state index in [1.807, 2.05) is 17.0 Å². The largest absolute Gasteiger partial charge is 0.383 e. The third-order valence-corrected chi connectivity index (χ3v) is 8.03. The Kier molecular flexibility index (Phi) is 6.45. The monoisotopic (exact) mass is 459 g/mol.